The number of rotatable bonds is 8. The molecule has 0 aliphatic rings. The van der Waals surface area contributed by atoms with E-state index in [4.69, 9.17) is 27.9 Å². The minimum atomic E-state index is -0.446. The zero-order valence-electron chi connectivity index (χ0n) is 14.4. The van der Waals surface area contributed by atoms with E-state index in [1.165, 1.54) is 12.1 Å². The maximum atomic E-state index is 12.1. The van der Waals surface area contributed by atoms with Gasteiger partial charge in [-0.1, -0.05) is 43.9 Å². The second-order valence-electron chi connectivity index (χ2n) is 6.05. The Hall–Kier alpha value is -1.24. The molecule has 0 aromatic heterocycles. The van der Waals surface area contributed by atoms with E-state index >= 15 is 0 Å². The predicted molar refractivity (Wildman–Crippen MR) is 98.8 cm³/mol. The molecule has 0 fully saturated rings. The highest BCUT2D eigenvalue weighted by molar-refractivity contribution is 6.52. The van der Waals surface area contributed by atoms with E-state index in [2.05, 4.69) is 24.5 Å². The van der Waals surface area contributed by atoms with Gasteiger partial charge in [-0.2, -0.15) is 0 Å². The van der Waals surface area contributed by atoms with Crippen molar-refractivity contribution >= 4 is 41.9 Å². The lowest BCUT2D eigenvalue weighted by Crippen LogP contribution is -2.49. The van der Waals surface area contributed by atoms with Crippen molar-refractivity contribution < 1.29 is 14.2 Å². The summed E-state index contributed by atoms with van der Waals surface area (Å²) in [4.78, 5) is 24.2. The van der Waals surface area contributed by atoms with Gasteiger partial charge in [0.25, 0.3) is 5.91 Å². The Kier molecular flexibility index (Phi) is 8.60. The Balaban J connectivity index is 2.60. The maximum Gasteiger partial charge on any atom is 0.312 e. The van der Waals surface area contributed by atoms with E-state index in [1.54, 1.807) is 13.2 Å². The van der Waals surface area contributed by atoms with Crippen molar-refractivity contribution in [1.29, 1.82) is 0 Å². The lowest BCUT2D eigenvalue weighted by molar-refractivity contribution is -0.120. The molecule has 0 radical (unpaired) electrons. The van der Waals surface area contributed by atoms with Gasteiger partial charge in [0, 0.05) is 18.1 Å². The molecule has 1 unspecified atom stereocenters. The average Bonchev–Trinajstić information content (AvgIpc) is 2.53. The molecule has 1 aromatic rings. The first-order valence-electron chi connectivity index (χ1n) is 7.80. The van der Waals surface area contributed by atoms with Crippen molar-refractivity contribution in [3.63, 3.8) is 0 Å². The SMILES string of the molecule is COB(C)C(CC(C)C)NC(=O)CNC(=O)c1cc(Cl)ccc1Cl. The highest BCUT2D eigenvalue weighted by Crippen LogP contribution is 2.20. The van der Waals surface area contributed by atoms with Gasteiger partial charge < -0.3 is 15.3 Å². The van der Waals surface area contributed by atoms with Gasteiger partial charge in [0.2, 0.25) is 5.91 Å². The summed E-state index contributed by atoms with van der Waals surface area (Å²) in [5, 5.41) is 6.12. The highest BCUT2D eigenvalue weighted by Gasteiger charge is 2.24. The Labute approximate surface area is 153 Å². The van der Waals surface area contributed by atoms with Crippen LogP contribution in [0.25, 0.3) is 0 Å². The van der Waals surface area contributed by atoms with Gasteiger partial charge in [-0.05, 0) is 30.5 Å². The van der Waals surface area contributed by atoms with Crippen molar-refractivity contribution in [2.45, 2.75) is 33.0 Å². The predicted octanol–water partition coefficient (Wildman–Crippen LogP) is 3.06. The number of amides is 2. The second-order valence-corrected chi connectivity index (χ2v) is 6.89. The molecule has 132 valence electrons. The lowest BCUT2D eigenvalue weighted by atomic mass is 9.60. The second kappa shape index (κ2) is 9.92. The minimum absolute atomic E-state index is 0.116. The van der Waals surface area contributed by atoms with Gasteiger partial charge in [0.15, 0.2) is 0 Å². The fourth-order valence-electron chi connectivity index (χ4n) is 2.23. The molecule has 2 N–H and O–H groups in total. The zero-order valence-corrected chi connectivity index (χ0v) is 15.9. The average molecular weight is 373 g/mol. The van der Waals surface area contributed by atoms with Crippen molar-refractivity contribution in [1.82, 2.24) is 10.6 Å². The fourth-order valence-corrected chi connectivity index (χ4v) is 2.60. The molecule has 0 bridgehead atoms. The molecule has 2 amide bonds. The Morgan fingerprint density at radius 1 is 1.29 bits per heavy atom. The molecule has 0 aliphatic carbocycles. The maximum absolute atomic E-state index is 12.1. The van der Waals surface area contributed by atoms with Crippen LogP contribution < -0.4 is 10.6 Å². The molecule has 5 nitrogen and oxygen atoms in total. The van der Waals surface area contributed by atoms with Crippen LogP contribution in [0.1, 0.15) is 30.6 Å². The van der Waals surface area contributed by atoms with Gasteiger partial charge >= 0.3 is 6.92 Å². The third-order valence-electron chi connectivity index (χ3n) is 3.59. The van der Waals surface area contributed by atoms with Gasteiger partial charge in [0.1, 0.15) is 0 Å². The highest BCUT2D eigenvalue weighted by atomic mass is 35.5. The number of benzene rings is 1. The summed E-state index contributed by atoms with van der Waals surface area (Å²) in [7, 11) is 1.60. The van der Waals surface area contributed by atoms with Gasteiger partial charge in [-0.3, -0.25) is 9.59 Å². The van der Waals surface area contributed by atoms with Gasteiger partial charge in [-0.15, -0.1) is 0 Å². The summed E-state index contributed by atoms with van der Waals surface area (Å²) in [6.45, 7) is 5.79. The fraction of sp³-hybridized carbons (Fsp3) is 0.500. The molecule has 1 rings (SSSR count). The van der Waals surface area contributed by atoms with Crippen LogP contribution in [-0.2, 0) is 9.45 Å². The van der Waals surface area contributed by atoms with Crippen LogP contribution in [0.15, 0.2) is 18.2 Å². The summed E-state index contributed by atoms with van der Waals surface area (Å²) >= 11 is 11.8. The Morgan fingerprint density at radius 3 is 2.54 bits per heavy atom. The summed E-state index contributed by atoms with van der Waals surface area (Å²) in [5.74, 6) is -0.434. The van der Waals surface area contributed by atoms with Gasteiger partial charge in [0.05, 0.1) is 17.1 Å². The molecule has 0 saturated heterocycles. The number of carbonyl (C=O) groups is 2. The van der Waals surface area contributed by atoms with E-state index in [9.17, 15) is 9.59 Å². The van der Waals surface area contributed by atoms with E-state index in [0.717, 1.165) is 6.42 Å². The summed E-state index contributed by atoms with van der Waals surface area (Å²) in [5.41, 5.74) is 0.237. The monoisotopic (exact) mass is 372 g/mol. The molecular formula is C16H23BCl2N2O3. The number of carbonyl (C=O) groups excluding carboxylic acids is 2. The van der Waals surface area contributed by atoms with Crippen LogP contribution in [0.5, 0.6) is 0 Å². The van der Waals surface area contributed by atoms with Gasteiger partial charge in [-0.25, -0.2) is 0 Å². The van der Waals surface area contributed by atoms with Crippen molar-refractivity contribution in [2.75, 3.05) is 13.7 Å². The topological polar surface area (TPSA) is 67.4 Å². The number of hydrogen-bond acceptors (Lipinski definition) is 3. The molecule has 24 heavy (non-hydrogen) atoms. The number of nitrogens with one attached hydrogen (secondary N) is 2. The molecule has 0 aliphatic heterocycles. The van der Waals surface area contributed by atoms with Crippen LogP contribution in [0, 0.1) is 5.92 Å². The first kappa shape index (κ1) is 20.8. The normalized spacial score (nSPS) is 12.0. The van der Waals surface area contributed by atoms with Crippen molar-refractivity contribution in [2.24, 2.45) is 5.92 Å². The van der Waals surface area contributed by atoms with Crippen LogP contribution >= 0.6 is 23.2 Å². The number of hydrogen-bond donors (Lipinski definition) is 2. The molecule has 0 saturated carbocycles. The van der Waals surface area contributed by atoms with E-state index in [-0.39, 0.29) is 35.9 Å². The van der Waals surface area contributed by atoms with Crippen molar-refractivity contribution in [3.05, 3.63) is 33.8 Å². The molecule has 0 spiro atoms. The third kappa shape index (κ3) is 6.71. The first-order valence-corrected chi connectivity index (χ1v) is 8.55. The molecule has 0 heterocycles. The largest absolute Gasteiger partial charge is 0.437 e. The van der Waals surface area contributed by atoms with Crippen LogP contribution in [0.2, 0.25) is 16.9 Å². The van der Waals surface area contributed by atoms with Crippen LogP contribution in [0.4, 0.5) is 0 Å². The first-order chi connectivity index (χ1) is 11.2. The van der Waals surface area contributed by atoms with E-state index in [1.807, 2.05) is 6.82 Å². The molecule has 1 atom stereocenters. The quantitative estimate of drug-likeness (QED) is 0.689. The van der Waals surface area contributed by atoms with Crippen molar-refractivity contribution in [3.8, 4) is 0 Å². The summed E-state index contributed by atoms with van der Waals surface area (Å²) in [6, 6.07) is 4.60. The number of halogens is 2. The smallest absolute Gasteiger partial charge is 0.312 e. The Bertz CT molecular complexity index is 584. The molecule has 1 aromatic carbocycles. The summed E-state index contributed by atoms with van der Waals surface area (Å²) in [6.07, 6.45) is 0.787. The molecular weight excluding hydrogens is 350 g/mol. The standard InChI is InChI=1S/C16H23BCl2N2O3/c1-10(2)7-14(17(3)24-4)21-15(22)9-20-16(23)12-8-11(18)5-6-13(12)19/h5-6,8,10,14H,7,9H2,1-4H3,(H,20,23)(H,21,22). The van der Waals surface area contributed by atoms with Crippen LogP contribution in [-0.4, -0.2) is 38.3 Å². The summed E-state index contributed by atoms with van der Waals surface area (Å²) < 4.78 is 5.30. The molecule has 8 heteroatoms. The van der Waals surface area contributed by atoms with Crippen LogP contribution in [0.3, 0.4) is 0 Å². The van der Waals surface area contributed by atoms with E-state index in [0.29, 0.717) is 10.9 Å². The third-order valence-corrected chi connectivity index (χ3v) is 4.16. The van der Waals surface area contributed by atoms with E-state index < -0.39 is 5.91 Å². The minimum Gasteiger partial charge on any atom is -0.437 e. The lowest BCUT2D eigenvalue weighted by Gasteiger charge is -2.23. The zero-order chi connectivity index (χ0) is 18.3. The Morgan fingerprint density at radius 2 is 1.96 bits per heavy atom.